The monoisotopic (exact) mass is 420 g/mol. The van der Waals surface area contributed by atoms with E-state index in [-0.39, 0.29) is 18.9 Å². The Kier molecular flexibility index (Phi) is 6.54. The van der Waals surface area contributed by atoms with Gasteiger partial charge in [0.1, 0.15) is 19.4 Å². The second-order valence-corrected chi connectivity index (χ2v) is 6.90. The fourth-order valence-corrected chi connectivity index (χ4v) is 3.27. The minimum Gasteiger partial charge on any atom is -0.465 e. The van der Waals surface area contributed by atoms with Crippen molar-refractivity contribution >= 4 is 0 Å². The minimum absolute atomic E-state index is 0.183. The van der Waals surface area contributed by atoms with Crippen molar-refractivity contribution in [1.29, 1.82) is 0 Å². The van der Waals surface area contributed by atoms with E-state index in [2.05, 4.69) is 6.58 Å². The molecular weight excluding hydrogens is 396 g/mol. The van der Waals surface area contributed by atoms with Crippen LogP contribution in [0.5, 0.6) is 0 Å². The fraction of sp³-hybridized carbons (Fsp3) is 0.400. The highest BCUT2D eigenvalue weighted by Crippen LogP contribution is 2.37. The molecule has 4 atom stereocenters. The molecule has 10 nitrogen and oxygen atoms in total. The smallest absolute Gasteiger partial charge is 0.335 e. The fourth-order valence-electron chi connectivity index (χ4n) is 3.27. The molecule has 1 aliphatic rings. The largest absolute Gasteiger partial charge is 0.465 e. The highest BCUT2D eigenvalue weighted by Gasteiger charge is 2.57. The molecule has 1 fully saturated rings. The van der Waals surface area contributed by atoms with Crippen molar-refractivity contribution in [3.8, 4) is 0 Å². The first-order valence-corrected chi connectivity index (χ1v) is 9.22. The Bertz CT molecular complexity index is 1000. The molecule has 30 heavy (non-hydrogen) atoms. The van der Waals surface area contributed by atoms with Gasteiger partial charge in [-0.05, 0) is 12.5 Å². The third-order valence-electron chi connectivity index (χ3n) is 4.86. The normalized spacial score (nSPS) is 25.9. The van der Waals surface area contributed by atoms with Crippen LogP contribution >= 0.6 is 0 Å². The van der Waals surface area contributed by atoms with E-state index in [9.17, 15) is 24.9 Å². The predicted octanol–water partition coefficient (Wildman–Crippen LogP) is -0.408. The van der Waals surface area contributed by atoms with Crippen molar-refractivity contribution in [1.82, 2.24) is 9.13 Å². The number of rotatable bonds is 8. The standard InChI is InChI=1S/C20H24N2O8/c1-3-29-20(11-23)16(25)15(24)18(30-20)21-9-13(2)17(26)22(19(21)27)12-28-10-14-7-5-4-6-8-14/h3-9,15-16,18,23-25H,1,10-12H2,2H3/t15-,16?,18+,20+/m0/s1. The summed E-state index contributed by atoms with van der Waals surface area (Å²) < 4.78 is 17.9. The molecule has 3 N–H and O–H groups in total. The summed E-state index contributed by atoms with van der Waals surface area (Å²) in [6.07, 6.45) is -2.56. The van der Waals surface area contributed by atoms with Crippen LogP contribution in [0.3, 0.4) is 0 Å². The van der Waals surface area contributed by atoms with Crippen LogP contribution < -0.4 is 11.2 Å². The molecule has 3 rings (SSSR count). The second-order valence-electron chi connectivity index (χ2n) is 6.90. The van der Waals surface area contributed by atoms with Crippen LogP contribution in [0.2, 0.25) is 0 Å². The van der Waals surface area contributed by atoms with Gasteiger partial charge in [-0.1, -0.05) is 36.9 Å². The number of hydrogen-bond donors (Lipinski definition) is 3. The Hall–Kier alpha value is -2.76. The highest BCUT2D eigenvalue weighted by molar-refractivity contribution is 5.13. The van der Waals surface area contributed by atoms with E-state index in [1.807, 2.05) is 30.3 Å². The molecule has 0 amide bonds. The summed E-state index contributed by atoms with van der Waals surface area (Å²) in [4.78, 5) is 25.4. The number of ether oxygens (including phenoxy) is 3. The van der Waals surface area contributed by atoms with Crippen molar-refractivity contribution in [2.24, 2.45) is 0 Å². The number of aryl methyl sites for hydroxylation is 1. The predicted molar refractivity (Wildman–Crippen MR) is 104 cm³/mol. The number of hydrogen-bond acceptors (Lipinski definition) is 8. The highest BCUT2D eigenvalue weighted by atomic mass is 16.7. The van der Waals surface area contributed by atoms with E-state index >= 15 is 0 Å². The lowest BCUT2D eigenvalue weighted by Crippen LogP contribution is -2.47. The van der Waals surface area contributed by atoms with Crippen molar-refractivity contribution < 1.29 is 29.5 Å². The van der Waals surface area contributed by atoms with Crippen molar-refractivity contribution in [3.63, 3.8) is 0 Å². The molecule has 2 heterocycles. The maximum absolute atomic E-state index is 12.9. The number of benzene rings is 1. The third kappa shape index (κ3) is 3.95. The molecule has 10 heteroatoms. The van der Waals surface area contributed by atoms with Crippen LogP contribution in [0.25, 0.3) is 0 Å². The summed E-state index contributed by atoms with van der Waals surface area (Å²) in [5, 5.41) is 30.3. The molecule has 0 spiro atoms. The van der Waals surface area contributed by atoms with E-state index in [0.29, 0.717) is 0 Å². The van der Waals surface area contributed by atoms with E-state index in [1.165, 1.54) is 13.1 Å². The molecule has 2 aromatic rings. The van der Waals surface area contributed by atoms with E-state index in [0.717, 1.165) is 21.0 Å². The molecule has 0 bridgehead atoms. The van der Waals surface area contributed by atoms with Crippen molar-refractivity contribution in [2.75, 3.05) is 6.61 Å². The maximum atomic E-state index is 12.9. The van der Waals surface area contributed by atoms with E-state index < -0.39 is 42.1 Å². The first-order chi connectivity index (χ1) is 14.3. The zero-order chi connectivity index (χ0) is 21.9. The number of aliphatic hydroxyl groups excluding tert-OH is 3. The second kappa shape index (κ2) is 8.94. The molecule has 1 unspecified atom stereocenters. The third-order valence-corrected chi connectivity index (χ3v) is 4.86. The van der Waals surface area contributed by atoms with Gasteiger partial charge in [0.25, 0.3) is 11.3 Å². The van der Waals surface area contributed by atoms with E-state index in [1.54, 1.807) is 0 Å². The summed E-state index contributed by atoms with van der Waals surface area (Å²) in [6.45, 7) is 3.90. The molecule has 1 aromatic heterocycles. The Balaban J connectivity index is 1.90. The summed E-state index contributed by atoms with van der Waals surface area (Å²) in [6, 6.07) is 9.22. The molecule has 1 saturated heterocycles. The van der Waals surface area contributed by atoms with E-state index in [4.69, 9.17) is 14.2 Å². The first-order valence-electron chi connectivity index (χ1n) is 9.22. The van der Waals surface area contributed by atoms with Gasteiger partial charge in [0.2, 0.25) is 0 Å². The Morgan fingerprint density at radius 2 is 1.97 bits per heavy atom. The topological polar surface area (TPSA) is 132 Å². The van der Waals surface area contributed by atoms with Crippen LogP contribution in [0, 0.1) is 6.92 Å². The molecule has 162 valence electrons. The zero-order valence-electron chi connectivity index (χ0n) is 16.4. The molecule has 1 aromatic carbocycles. The van der Waals surface area contributed by atoms with Gasteiger partial charge in [-0.15, -0.1) is 0 Å². The number of aliphatic hydroxyl groups is 3. The van der Waals surface area contributed by atoms with Gasteiger partial charge in [0.05, 0.1) is 12.9 Å². The Morgan fingerprint density at radius 1 is 1.27 bits per heavy atom. The SMILES string of the molecule is C=CO[C@]1(CO)O[C@@H](n2cc(C)c(=O)n(COCc3ccccc3)c2=O)[C@@H](O)C1O. The van der Waals surface area contributed by atoms with Crippen LogP contribution in [0.15, 0.2) is 59.0 Å². The maximum Gasteiger partial charge on any atom is 0.335 e. The average molecular weight is 420 g/mol. The molecule has 0 aliphatic carbocycles. The summed E-state index contributed by atoms with van der Waals surface area (Å²) >= 11 is 0. The van der Waals surface area contributed by atoms with Gasteiger partial charge >= 0.3 is 5.69 Å². The van der Waals surface area contributed by atoms with Gasteiger partial charge in [0, 0.05) is 11.8 Å². The lowest BCUT2D eigenvalue weighted by Gasteiger charge is -2.28. The van der Waals surface area contributed by atoms with Crippen molar-refractivity contribution in [3.05, 3.63) is 81.3 Å². The number of aromatic nitrogens is 2. The number of nitrogens with zero attached hydrogens (tertiary/aromatic N) is 2. The van der Waals surface area contributed by atoms with Gasteiger partial charge in [-0.25, -0.2) is 9.36 Å². The van der Waals surface area contributed by atoms with Gasteiger partial charge in [-0.2, -0.15) is 0 Å². The van der Waals surface area contributed by atoms with Crippen LogP contribution in [-0.2, 0) is 27.5 Å². The molecule has 1 aliphatic heterocycles. The van der Waals surface area contributed by atoms with Gasteiger partial charge in [-0.3, -0.25) is 9.36 Å². The van der Waals surface area contributed by atoms with Gasteiger partial charge in [0.15, 0.2) is 12.3 Å². The Labute approximate surface area is 171 Å². The molecular formula is C20H24N2O8. The van der Waals surface area contributed by atoms with Crippen LogP contribution in [0.1, 0.15) is 17.4 Å². The van der Waals surface area contributed by atoms with Crippen LogP contribution in [-0.4, -0.2) is 49.1 Å². The minimum atomic E-state index is -2.00. The summed E-state index contributed by atoms with van der Waals surface area (Å²) in [5.41, 5.74) is -0.324. The van der Waals surface area contributed by atoms with Crippen LogP contribution in [0.4, 0.5) is 0 Å². The quantitative estimate of drug-likeness (QED) is 0.491. The Morgan fingerprint density at radius 3 is 2.60 bits per heavy atom. The van der Waals surface area contributed by atoms with Gasteiger partial charge < -0.3 is 29.5 Å². The summed E-state index contributed by atoms with van der Waals surface area (Å²) in [5.74, 6) is -2.00. The summed E-state index contributed by atoms with van der Waals surface area (Å²) in [7, 11) is 0. The molecule has 0 saturated carbocycles. The average Bonchev–Trinajstić information content (AvgIpc) is 3.00. The zero-order valence-corrected chi connectivity index (χ0v) is 16.4. The lowest BCUT2D eigenvalue weighted by molar-refractivity contribution is -0.257. The lowest BCUT2D eigenvalue weighted by atomic mass is 10.1. The van der Waals surface area contributed by atoms with Crippen molar-refractivity contribution in [2.45, 2.75) is 44.5 Å². The first kappa shape index (κ1) is 21.9. The molecule has 0 radical (unpaired) electrons.